The van der Waals surface area contributed by atoms with Crippen LogP contribution in [0.15, 0.2) is 66.7 Å². The van der Waals surface area contributed by atoms with Crippen LogP contribution >= 0.6 is 0 Å². The maximum atomic E-state index is 12.7. The highest BCUT2D eigenvalue weighted by atomic mass is 16.5. The molecule has 2 aromatic carbocycles. The summed E-state index contributed by atoms with van der Waals surface area (Å²) >= 11 is 0. The van der Waals surface area contributed by atoms with E-state index < -0.39 is 0 Å². The highest BCUT2D eigenvalue weighted by Gasteiger charge is 2.33. The van der Waals surface area contributed by atoms with Crippen LogP contribution in [0.3, 0.4) is 0 Å². The number of hydrogen-bond acceptors (Lipinski definition) is 6. The minimum Gasteiger partial charge on any atom is -0.493 e. The molecule has 1 amide bonds. The molecule has 6 rings (SSSR count). The number of rotatable bonds is 6. The average Bonchev–Trinajstić information content (AvgIpc) is 3.43. The third-order valence-corrected chi connectivity index (χ3v) is 6.51. The molecule has 1 aliphatic rings. The molecular weight excluding hydrogens is 454 g/mol. The molecule has 180 valence electrons. The third-order valence-electron chi connectivity index (χ3n) is 6.51. The van der Waals surface area contributed by atoms with Gasteiger partial charge >= 0.3 is 0 Å². The smallest absolute Gasteiger partial charge is 0.226 e. The number of aromatic nitrogens is 6. The molecule has 1 aliphatic heterocycles. The predicted molar refractivity (Wildman–Crippen MR) is 135 cm³/mol. The van der Waals surface area contributed by atoms with Gasteiger partial charge in [-0.05, 0) is 49.2 Å². The number of nitrogens with zero attached hydrogens (tertiary/aromatic N) is 6. The zero-order chi connectivity index (χ0) is 24.6. The van der Waals surface area contributed by atoms with E-state index in [0.717, 1.165) is 29.0 Å². The van der Waals surface area contributed by atoms with Crippen molar-refractivity contribution in [1.82, 2.24) is 29.6 Å². The van der Waals surface area contributed by atoms with Crippen LogP contribution in [0.2, 0.25) is 0 Å². The van der Waals surface area contributed by atoms with Crippen LogP contribution in [0.25, 0.3) is 11.5 Å². The Balaban J connectivity index is 1.27. The van der Waals surface area contributed by atoms with Gasteiger partial charge in [0.2, 0.25) is 5.91 Å². The standard InChI is InChI=1S/C27H25N7O2/c1-17-26-22(20-8-10-21(11-9-20)36-15-14-19-6-4-3-5-7-19)16-25(35)28-27(26)34(31-17)24-13-12-23-30-29-18(2)33(23)32-24/h3-13,22H,14-16H2,1-2H3,(H,28,35)/t22-/m1/s1. The van der Waals surface area contributed by atoms with Gasteiger partial charge < -0.3 is 10.1 Å². The SMILES string of the molecule is Cc1nn(-c2ccc3nnc(C)n3n2)c2c1[C@@H](c1ccc(OCCc3ccccc3)cc1)CC(=O)N2. The van der Waals surface area contributed by atoms with Crippen molar-refractivity contribution in [1.29, 1.82) is 0 Å². The van der Waals surface area contributed by atoms with Crippen LogP contribution < -0.4 is 10.1 Å². The predicted octanol–water partition coefficient (Wildman–Crippen LogP) is 4.02. The lowest BCUT2D eigenvalue weighted by Crippen LogP contribution is -2.25. The molecule has 0 saturated heterocycles. The molecule has 0 saturated carbocycles. The largest absolute Gasteiger partial charge is 0.493 e. The van der Waals surface area contributed by atoms with E-state index >= 15 is 0 Å². The van der Waals surface area contributed by atoms with Crippen LogP contribution in [0.4, 0.5) is 5.82 Å². The second-order valence-electron chi connectivity index (χ2n) is 8.93. The molecule has 36 heavy (non-hydrogen) atoms. The maximum absolute atomic E-state index is 12.7. The fourth-order valence-corrected chi connectivity index (χ4v) is 4.72. The summed E-state index contributed by atoms with van der Waals surface area (Å²) in [6, 6.07) is 22.0. The summed E-state index contributed by atoms with van der Waals surface area (Å²) in [6.45, 7) is 4.41. The molecule has 0 aliphatic carbocycles. The quantitative estimate of drug-likeness (QED) is 0.395. The summed E-state index contributed by atoms with van der Waals surface area (Å²) in [7, 11) is 0. The van der Waals surface area contributed by atoms with Gasteiger partial charge in [0.25, 0.3) is 0 Å². The van der Waals surface area contributed by atoms with Gasteiger partial charge in [0.15, 0.2) is 17.3 Å². The van der Waals surface area contributed by atoms with Crippen molar-refractivity contribution >= 4 is 17.4 Å². The Labute approximate surface area is 207 Å². The van der Waals surface area contributed by atoms with Crippen LogP contribution in [0, 0.1) is 13.8 Å². The number of anilines is 1. The summed E-state index contributed by atoms with van der Waals surface area (Å²) in [5, 5.41) is 20.6. The molecule has 3 aromatic heterocycles. The molecule has 0 spiro atoms. The molecule has 9 nitrogen and oxygen atoms in total. The summed E-state index contributed by atoms with van der Waals surface area (Å²) in [5.74, 6) is 2.55. The molecular formula is C27H25N7O2. The molecule has 1 N–H and O–H groups in total. The minimum atomic E-state index is -0.110. The first kappa shape index (κ1) is 22.0. The molecule has 1 atom stereocenters. The van der Waals surface area contributed by atoms with Crippen molar-refractivity contribution < 1.29 is 9.53 Å². The van der Waals surface area contributed by atoms with Gasteiger partial charge in [0, 0.05) is 24.3 Å². The van der Waals surface area contributed by atoms with E-state index in [1.807, 2.05) is 68.4 Å². The Kier molecular flexibility index (Phi) is 5.44. The fourth-order valence-electron chi connectivity index (χ4n) is 4.72. The second kappa shape index (κ2) is 8.92. The number of carbonyl (C=O) groups is 1. The van der Waals surface area contributed by atoms with Crippen molar-refractivity contribution in [3.63, 3.8) is 0 Å². The minimum absolute atomic E-state index is 0.0570. The molecule has 0 radical (unpaired) electrons. The van der Waals surface area contributed by atoms with Crippen molar-refractivity contribution in [2.24, 2.45) is 0 Å². The Morgan fingerprint density at radius 3 is 2.58 bits per heavy atom. The molecule has 0 unspecified atom stereocenters. The van der Waals surface area contributed by atoms with Crippen molar-refractivity contribution in [2.75, 3.05) is 11.9 Å². The van der Waals surface area contributed by atoms with Gasteiger partial charge in [0.1, 0.15) is 11.6 Å². The van der Waals surface area contributed by atoms with Gasteiger partial charge in [-0.1, -0.05) is 42.5 Å². The van der Waals surface area contributed by atoms with Crippen LogP contribution in [-0.2, 0) is 11.2 Å². The Bertz CT molecular complexity index is 1550. The molecule has 0 fully saturated rings. The highest BCUT2D eigenvalue weighted by Crippen LogP contribution is 2.40. The number of fused-ring (bicyclic) bond motifs is 2. The second-order valence-corrected chi connectivity index (χ2v) is 8.93. The number of hydrogen-bond donors (Lipinski definition) is 1. The first-order chi connectivity index (χ1) is 17.6. The summed E-state index contributed by atoms with van der Waals surface area (Å²) in [4.78, 5) is 12.7. The van der Waals surface area contributed by atoms with E-state index in [-0.39, 0.29) is 11.8 Å². The number of benzene rings is 2. The van der Waals surface area contributed by atoms with E-state index in [1.165, 1.54) is 5.56 Å². The zero-order valence-corrected chi connectivity index (χ0v) is 20.0. The number of carbonyl (C=O) groups excluding carboxylic acids is 1. The third kappa shape index (κ3) is 3.98. The normalized spacial score (nSPS) is 15.1. The van der Waals surface area contributed by atoms with Crippen LogP contribution in [0.1, 0.15) is 40.5 Å². The Morgan fingerprint density at radius 1 is 0.972 bits per heavy atom. The molecule has 4 heterocycles. The van der Waals surface area contributed by atoms with E-state index in [9.17, 15) is 4.79 Å². The van der Waals surface area contributed by atoms with Crippen molar-refractivity contribution in [3.8, 4) is 11.6 Å². The molecule has 9 heteroatoms. The summed E-state index contributed by atoms with van der Waals surface area (Å²) < 4.78 is 9.30. The van der Waals surface area contributed by atoms with Gasteiger partial charge in [-0.25, -0.2) is 0 Å². The molecule has 0 bridgehead atoms. The van der Waals surface area contributed by atoms with Gasteiger partial charge in [0.05, 0.1) is 12.3 Å². The first-order valence-electron chi connectivity index (χ1n) is 11.9. The topological polar surface area (TPSA) is 99.2 Å². The van der Waals surface area contributed by atoms with Gasteiger partial charge in [-0.2, -0.15) is 14.3 Å². The van der Waals surface area contributed by atoms with Gasteiger partial charge in [-0.15, -0.1) is 15.3 Å². The zero-order valence-electron chi connectivity index (χ0n) is 20.0. The first-order valence-corrected chi connectivity index (χ1v) is 11.9. The van der Waals surface area contributed by atoms with Crippen molar-refractivity contribution in [2.45, 2.75) is 32.6 Å². The van der Waals surface area contributed by atoms with E-state index in [1.54, 1.807) is 9.20 Å². The summed E-state index contributed by atoms with van der Waals surface area (Å²) in [6.07, 6.45) is 1.20. The average molecular weight is 480 g/mol. The van der Waals surface area contributed by atoms with Crippen LogP contribution in [0.5, 0.6) is 5.75 Å². The van der Waals surface area contributed by atoms with Crippen molar-refractivity contribution in [3.05, 3.63) is 94.9 Å². The Morgan fingerprint density at radius 2 is 1.78 bits per heavy atom. The lowest BCUT2D eigenvalue weighted by Gasteiger charge is -2.24. The van der Waals surface area contributed by atoms with Crippen LogP contribution in [-0.4, -0.2) is 42.1 Å². The Hall–Kier alpha value is -4.53. The lowest BCUT2D eigenvalue weighted by molar-refractivity contribution is -0.116. The maximum Gasteiger partial charge on any atom is 0.226 e. The lowest BCUT2D eigenvalue weighted by atomic mass is 9.86. The number of aryl methyl sites for hydroxylation is 2. The van der Waals surface area contributed by atoms with E-state index in [2.05, 4.69) is 32.7 Å². The highest BCUT2D eigenvalue weighted by molar-refractivity contribution is 5.95. The van der Waals surface area contributed by atoms with E-state index in [0.29, 0.717) is 36.1 Å². The van der Waals surface area contributed by atoms with Gasteiger partial charge in [-0.3, -0.25) is 4.79 Å². The number of amides is 1. The monoisotopic (exact) mass is 479 g/mol. The number of ether oxygens (including phenoxy) is 1. The fraction of sp³-hybridized carbons (Fsp3) is 0.222. The number of nitrogens with one attached hydrogen (secondary N) is 1. The summed E-state index contributed by atoms with van der Waals surface area (Å²) in [5.41, 5.74) is 4.79. The van der Waals surface area contributed by atoms with E-state index in [4.69, 9.17) is 9.84 Å². The molecule has 5 aromatic rings.